The number of likely N-dealkylation sites (N-methyl/N-ethyl adjacent to an activating group) is 1. The summed E-state index contributed by atoms with van der Waals surface area (Å²) in [5.41, 5.74) is 2.43. The van der Waals surface area contributed by atoms with E-state index in [1.165, 1.54) is 15.4 Å². The van der Waals surface area contributed by atoms with Gasteiger partial charge in [-0.2, -0.15) is 0 Å². The van der Waals surface area contributed by atoms with Crippen LogP contribution in [0.15, 0.2) is 35.1 Å². The van der Waals surface area contributed by atoms with Gasteiger partial charge in [-0.3, -0.25) is 0 Å². The monoisotopic (exact) mass is 344 g/mol. The summed E-state index contributed by atoms with van der Waals surface area (Å²) in [6.45, 7) is 8.56. The third-order valence-corrected chi connectivity index (χ3v) is 5.54. The number of nitrogens with one attached hydrogen (secondary N) is 1. The van der Waals surface area contributed by atoms with Gasteiger partial charge < -0.3 is 15.1 Å². The largest absolute Gasteiger partial charge is 0.353 e. The highest BCUT2D eigenvalue weighted by Crippen LogP contribution is 2.32. The third-order valence-electron chi connectivity index (χ3n) is 4.56. The fraction of sp³-hybridized carbons (Fsp3) is 0.526. The molecule has 1 aromatic heterocycles. The van der Waals surface area contributed by atoms with E-state index in [1.807, 2.05) is 11.3 Å². The molecule has 1 fully saturated rings. The zero-order valence-electron chi connectivity index (χ0n) is 15.0. The standard InChI is InChI=1S/C19H28N4S/c1-4-5-6-7-8-16-14-20-19-17(13-15(2)24-19)18(21-16)23-11-9-22(3)10-12-23/h4-5,13-14,20H,6-12H2,1-3H3/b5-4-. The van der Waals surface area contributed by atoms with Gasteiger partial charge in [-0.05, 0) is 46.2 Å². The van der Waals surface area contributed by atoms with Crippen molar-refractivity contribution in [3.8, 4) is 0 Å². The second-order valence-electron chi connectivity index (χ2n) is 6.57. The summed E-state index contributed by atoms with van der Waals surface area (Å²) in [4.78, 5) is 11.3. The van der Waals surface area contributed by atoms with Crippen LogP contribution in [0.2, 0.25) is 0 Å². The molecule has 130 valence electrons. The van der Waals surface area contributed by atoms with E-state index in [-0.39, 0.29) is 0 Å². The average Bonchev–Trinajstić information content (AvgIpc) is 2.86. The van der Waals surface area contributed by atoms with Gasteiger partial charge in [-0.1, -0.05) is 12.2 Å². The lowest BCUT2D eigenvalue weighted by Crippen LogP contribution is -2.47. The Morgan fingerprint density at radius 2 is 2.08 bits per heavy atom. The number of nitrogens with zero attached hydrogens (tertiary/aromatic N) is 3. The number of aliphatic imine (C=N–C) groups is 1. The summed E-state index contributed by atoms with van der Waals surface area (Å²) >= 11 is 1.82. The molecule has 1 saturated heterocycles. The summed E-state index contributed by atoms with van der Waals surface area (Å²) in [7, 11) is 2.19. The molecule has 5 heteroatoms. The van der Waals surface area contributed by atoms with Crippen molar-refractivity contribution < 1.29 is 0 Å². The molecule has 0 aliphatic carbocycles. The first-order valence-electron chi connectivity index (χ1n) is 8.87. The Bertz CT molecular complexity index is 648. The van der Waals surface area contributed by atoms with E-state index in [1.54, 1.807) is 0 Å². The predicted octanol–water partition coefficient (Wildman–Crippen LogP) is 4.06. The predicted molar refractivity (Wildman–Crippen MR) is 105 cm³/mol. The topological polar surface area (TPSA) is 30.9 Å². The van der Waals surface area contributed by atoms with E-state index < -0.39 is 0 Å². The molecule has 0 amide bonds. The smallest absolute Gasteiger partial charge is 0.139 e. The molecule has 0 radical (unpaired) electrons. The third kappa shape index (κ3) is 4.08. The van der Waals surface area contributed by atoms with Crippen LogP contribution >= 0.6 is 11.3 Å². The molecule has 0 unspecified atom stereocenters. The van der Waals surface area contributed by atoms with Gasteiger partial charge in [-0.25, -0.2) is 4.99 Å². The Morgan fingerprint density at radius 3 is 2.83 bits per heavy atom. The molecule has 0 spiro atoms. The molecule has 2 aliphatic rings. The summed E-state index contributed by atoms with van der Waals surface area (Å²) in [6.07, 6.45) is 9.74. The maximum atomic E-state index is 5.08. The summed E-state index contributed by atoms with van der Waals surface area (Å²) in [5, 5.41) is 4.73. The molecular formula is C19H28N4S. The van der Waals surface area contributed by atoms with Gasteiger partial charge in [0.25, 0.3) is 0 Å². The number of unbranched alkanes of at least 4 members (excludes halogenated alkanes) is 1. The molecule has 0 saturated carbocycles. The Kier molecular flexibility index (Phi) is 5.74. The van der Waals surface area contributed by atoms with Crippen molar-refractivity contribution in [3.05, 3.63) is 40.6 Å². The van der Waals surface area contributed by atoms with Gasteiger partial charge in [0.1, 0.15) is 10.8 Å². The number of anilines is 1. The van der Waals surface area contributed by atoms with Crippen LogP contribution in [-0.4, -0.2) is 48.9 Å². The van der Waals surface area contributed by atoms with Crippen LogP contribution in [0.25, 0.3) is 0 Å². The minimum absolute atomic E-state index is 1.02. The lowest BCUT2D eigenvalue weighted by Gasteiger charge is -2.34. The van der Waals surface area contributed by atoms with E-state index in [0.29, 0.717) is 0 Å². The van der Waals surface area contributed by atoms with E-state index in [9.17, 15) is 0 Å². The number of allylic oxidation sites excluding steroid dienone is 3. The minimum atomic E-state index is 1.02. The normalized spacial score (nSPS) is 18.9. The lowest BCUT2D eigenvalue weighted by atomic mass is 10.2. The summed E-state index contributed by atoms with van der Waals surface area (Å²) < 4.78 is 0. The van der Waals surface area contributed by atoms with Crippen LogP contribution in [0.5, 0.6) is 0 Å². The van der Waals surface area contributed by atoms with Crippen LogP contribution in [0, 0.1) is 6.92 Å². The number of hydrogen-bond acceptors (Lipinski definition) is 5. The lowest BCUT2D eigenvalue weighted by molar-refractivity contribution is 0.215. The SMILES string of the molecule is C/C=C\CCCC1=CNc2sc(C)cc2C(N2CCN(C)CC2)=N1. The highest BCUT2D eigenvalue weighted by atomic mass is 32.1. The van der Waals surface area contributed by atoms with Crippen molar-refractivity contribution in [2.24, 2.45) is 4.99 Å². The number of rotatable bonds is 4. The number of fused-ring (bicyclic) bond motifs is 1. The molecule has 3 heterocycles. The average molecular weight is 345 g/mol. The Balaban J connectivity index is 1.82. The van der Waals surface area contributed by atoms with Crippen LogP contribution in [-0.2, 0) is 0 Å². The van der Waals surface area contributed by atoms with Gasteiger partial charge in [0.15, 0.2) is 0 Å². The highest BCUT2D eigenvalue weighted by molar-refractivity contribution is 7.16. The number of piperazine rings is 1. The molecule has 0 bridgehead atoms. The first-order valence-corrected chi connectivity index (χ1v) is 9.68. The van der Waals surface area contributed by atoms with Crippen molar-refractivity contribution in [1.29, 1.82) is 0 Å². The van der Waals surface area contributed by atoms with Crippen molar-refractivity contribution in [1.82, 2.24) is 9.80 Å². The zero-order valence-corrected chi connectivity index (χ0v) is 15.8. The number of aryl methyl sites for hydroxylation is 1. The molecule has 1 N–H and O–H groups in total. The fourth-order valence-electron chi connectivity index (χ4n) is 3.12. The van der Waals surface area contributed by atoms with Crippen molar-refractivity contribution in [2.75, 3.05) is 38.5 Å². The first kappa shape index (κ1) is 17.2. The molecule has 1 aromatic rings. The Hall–Kier alpha value is -1.59. The Labute approximate surface area is 149 Å². The maximum Gasteiger partial charge on any atom is 0.139 e. The van der Waals surface area contributed by atoms with Crippen LogP contribution in [0.1, 0.15) is 36.6 Å². The number of hydrogen-bond donors (Lipinski definition) is 1. The van der Waals surface area contributed by atoms with Crippen molar-refractivity contribution in [2.45, 2.75) is 33.1 Å². The van der Waals surface area contributed by atoms with Gasteiger partial charge in [0.05, 0.1) is 11.3 Å². The summed E-state index contributed by atoms with van der Waals surface area (Å²) in [6, 6.07) is 2.28. The fourth-order valence-corrected chi connectivity index (χ4v) is 4.00. The van der Waals surface area contributed by atoms with Crippen LogP contribution in [0.4, 0.5) is 5.00 Å². The Morgan fingerprint density at radius 1 is 1.29 bits per heavy atom. The van der Waals surface area contributed by atoms with E-state index >= 15 is 0 Å². The molecule has 4 nitrogen and oxygen atoms in total. The first-order chi connectivity index (χ1) is 11.7. The highest BCUT2D eigenvalue weighted by Gasteiger charge is 2.24. The van der Waals surface area contributed by atoms with Gasteiger partial charge >= 0.3 is 0 Å². The van der Waals surface area contributed by atoms with Crippen molar-refractivity contribution in [3.63, 3.8) is 0 Å². The maximum absolute atomic E-state index is 5.08. The van der Waals surface area contributed by atoms with Crippen molar-refractivity contribution >= 4 is 22.2 Å². The van der Waals surface area contributed by atoms with Gasteiger partial charge in [-0.15, -0.1) is 11.3 Å². The second-order valence-corrected chi connectivity index (χ2v) is 7.82. The molecular weight excluding hydrogens is 316 g/mol. The molecule has 0 atom stereocenters. The van der Waals surface area contributed by atoms with Gasteiger partial charge in [0, 0.05) is 37.3 Å². The number of thiophene rings is 1. The molecule has 2 aliphatic heterocycles. The molecule has 0 aromatic carbocycles. The van der Waals surface area contributed by atoms with Crippen LogP contribution < -0.4 is 5.32 Å². The second kappa shape index (κ2) is 7.99. The van der Waals surface area contributed by atoms with Gasteiger partial charge in [0.2, 0.25) is 0 Å². The molecule has 24 heavy (non-hydrogen) atoms. The quantitative estimate of drug-likeness (QED) is 0.660. The summed E-state index contributed by atoms with van der Waals surface area (Å²) in [5.74, 6) is 1.16. The van der Waals surface area contributed by atoms with E-state index in [0.717, 1.165) is 57.0 Å². The molecule has 3 rings (SSSR count). The zero-order chi connectivity index (χ0) is 16.9. The number of amidine groups is 1. The van der Waals surface area contributed by atoms with E-state index in [4.69, 9.17) is 4.99 Å². The minimum Gasteiger partial charge on any atom is -0.353 e. The van der Waals surface area contributed by atoms with Crippen LogP contribution in [0.3, 0.4) is 0 Å². The van der Waals surface area contributed by atoms with E-state index in [2.05, 4.69) is 60.4 Å².